The highest BCUT2D eigenvalue weighted by Gasteiger charge is 2.32. The Morgan fingerprint density at radius 3 is 3.19 bits per heavy atom. The van der Waals surface area contributed by atoms with E-state index in [1.807, 2.05) is 12.1 Å². The lowest BCUT2D eigenvalue weighted by Gasteiger charge is -2.16. The van der Waals surface area contributed by atoms with Gasteiger partial charge in [-0.15, -0.1) is 0 Å². The van der Waals surface area contributed by atoms with Crippen LogP contribution in [-0.2, 0) is 0 Å². The van der Waals surface area contributed by atoms with Crippen LogP contribution in [0, 0.1) is 5.92 Å². The summed E-state index contributed by atoms with van der Waals surface area (Å²) in [6, 6.07) is 6.20. The molecular formula is C13H17NO2. The summed E-state index contributed by atoms with van der Waals surface area (Å²) < 4.78 is 11.1. The summed E-state index contributed by atoms with van der Waals surface area (Å²) in [5, 5.41) is 3.47. The van der Waals surface area contributed by atoms with E-state index in [2.05, 4.69) is 11.4 Å². The van der Waals surface area contributed by atoms with Crippen molar-refractivity contribution >= 4 is 0 Å². The first-order chi connectivity index (χ1) is 7.88. The van der Waals surface area contributed by atoms with Gasteiger partial charge in [-0.1, -0.05) is 6.07 Å². The van der Waals surface area contributed by atoms with Gasteiger partial charge in [0, 0.05) is 18.5 Å². The molecule has 16 heavy (non-hydrogen) atoms. The molecule has 0 bridgehead atoms. The van der Waals surface area contributed by atoms with Crippen molar-refractivity contribution in [3.05, 3.63) is 23.8 Å². The Kier molecular flexibility index (Phi) is 2.48. The number of benzene rings is 1. The van der Waals surface area contributed by atoms with Crippen LogP contribution in [-0.4, -0.2) is 26.8 Å². The molecule has 0 radical (unpaired) electrons. The molecule has 1 aromatic rings. The third-order valence-corrected chi connectivity index (χ3v) is 3.71. The van der Waals surface area contributed by atoms with Gasteiger partial charge in [0.15, 0.2) is 0 Å². The number of hydrogen-bond acceptors (Lipinski definition) is 3. The maximum atomic E-state index is 5.82. The molecule has 0 spiro atoms. The summed E-state index contributed by atoms with van der Waals surface area (Å²) in [5.74, 6) is 3.23. The highest BCUT2D eigenvalue weighted by molar-refractivity contribution is 5.44. The second-order valence-electron chi connectivity index (χ2n) is 4.57. The molecule has 1 saturated heterocycles. The van der Waals surface area contributed by atoms with Crippen LogP contribution in [0.5, 0.6) is 11.5 Å². The van der Waals surface area contributed by atoms with Crippen molar-refractivity contribution < 1.29 is 9.47 Å². The van der Waals surface area contributed by atoms with Crippen LogP contribution >= 0.6 is 0 Å². The Labute approximate surface area is 95.8 Å². The van der Waals surface area contributed by atoms with Crippen molar-refractivity contribution in [2.24, 2.45) is 5.92 Å². The normalized spacial score (nSPS) is 27.6. The molecule has 1 N–H and O–H groups in total. The van der Waals surface area contributed by atoms with E-state index >= 15 is 0 Å². The van der Waals surface area contributed by atoms with E-state index in [4.69, 9.17) is 9.47 Å². The van der Waals surface area contributed by atoms with Gasteiger partial charge in [0.2, 0.25) is 0 Å². The zero-order valence-electron chi connectivity index (χ0n) is 9.53. The van der Waals surface area contributed by atoms with Crippen LogP contribution in [0.15, 0.2) is 18.2 Å². The topological polar surface area (TPSA) is 30.5 Å². The van der Waals surface area contributed by atoms with Gasteiger partial charge in [-0.25, -0.2) is 0 Å². The first kappa shape index (κ1) is 9.97. The molecule has 3 nitrogen and oxygen atoms in total. The number of methoxy groups -OCH3 is 1. The third kappa shape index (κ3) is 1.55. The van der Waals surface area contributed by atoms with Gasteiger partial charge in [0.1, 0.15) is 11.5 Å². The van der Waals surface area contributed by atoms with Crippen molar-refractivity contribution in [2.75, 3.05) is 26.8 Å². The SMILES string of the molecule is COc1ccc2c(c1)OCC[C@H]1CNC[C@H]21. The van der Waals surface area contributed by atoms with Gasteiger partial charge in [-0.2, -0.15) is 0 Å². The number of fused-ring (bicyclic) bond motifs is 3. The van der Waals surface area contributed by atoms with Crippen molar-refractivity contribution in [1.82, 2.24) is 5.32 Å². The van der Waals surface area contributed by atoms with Crippen molar-refractivity contribution in [3.8, 4) is 11.5 Å². The molecule has 2 aliphatic rings. The fraction of sp³-hybridized carbons (Fsp3) is 0.538. The lowest BCUT2D eigenvalue weighted by atomic mass is 9.87. The highest BCUT2D eigenvalue weighted by atomic mass is 16.5. The zero-order valence-corrected chi connectivity index (χ0v) is 9.53. The van der Waals surface area contributed by atoms with E-state index in [1.54, 1.807) is 7.11 Å². The zero-order chi connectivity index (χ0) is 11.0. The number of ether oxygens (including phenoxy) is 2. The van der Waals surface area contributed by atoms with Crippen LogP contribution in [0.25, 0.3) is 0 Å². The molecule has 0 aromatic heterocycles. The molecule has 0 aliphatic carbocycles. The molecule has 0 saturated carbocycles. The minimum Gasteiger partial charge on any atom is -0.497 e. The number of rotatable bonds is 1. The standard InChI is InChI=1S/C13H17NO2/c1-15-10-2-3-11-12-8-14-7-9(12)4-5-16-13(11)6-10/h2-3,6,9,12,14H,4-5,7-8H2,1H3/t9-,12-/m0/s1. The molecule has 3 rings (SSSR count). The lowest BCUT2D eigenvalue weighted by molar-refractivity contribution is 0.295. The Morgan fingerprint density at radius 2 is 2.31 bits per heavy atom. The Bertz CT molecular complexity index is 392. The van der Waals surface area contributed by atoms with E-state index in [-0.39, 0.29) is 0 Å². The van der Waals surface area contributed by atoms with Gasteiger partial charge in [-0.3, -0.25) is 0 Å². The van der Waals surface area contributed by atoms with E-state index in [1.165, 1.54) is 5.56 Å². The average molecular weight is 219 g/mol. The number of nitrogens with one attached hydrogen (secondary N) is 1. The van der Waals surface area contributed by atoms with Crippen molar-refractivity contribution in [2.45, 2.75) is 12.3 Å². The summed E-state index contributed by atoms with van der Waals surface area (Å²) >= 11 is 0. The minimum absolute atomic E-state index is 0.614. The minimum atomic E-state index is 0.614. The molecule has 0 amide bonds. The van der Waals surface area contributed by atoms with Crippen LogP contribution in [0.2, 0.25) is 0 Å². The highest BCUT2D eigenvalue weighted by Crippen LogP contribution is 2.40. The van der Waals surface area contributed by atoms with Crippen LogP contribution in [0.3, 0.4) is 0 Å². The van der Waals surface area contributed by atoms with Gasteiger partial charge >= 0.3 is 0 Å². The smallest absolute Gasteiger partial charge is 0.126 e. The number of hydrogen-bond donors (Lipinski definition) is 1. The quantitative estimate of drug-likeness (QED) is 0.781. The summed E-state index contributed by atoms with van der Waals surface area (Å²) in [4.78, 5) is 0. The Morgan fingerprint density at radius 1 is 1.38 bits per heavy atom. The first-order valence-electron chi connectivity index (χ1n) is 5.90. The molecule has 1 aromatic carbocycles. The lowest BCUT2D eigenvalue weighted by Crippen LogP contribution is -2.11. The van der Waals surface area contributed by atoms with E-state index in [0.29, 0.717) is 5.92 Å². The van der Waals surface area contributed by atoms with E-state index in [0.717, 1.165) is 43.5 Å². The summed E-state index contributed by atoms with van der Waals surface area (Å²) in [6.45, 7) is 3.02. The largest absolute Gasteiger partial charge is 0.497 e. The molecule has 2 heterocycles. The Hall–Kier alpha value is -1.22. The molecule has 0 unspecified atom stereocenters. The second-order valence-corrected chi connectivity index (χ2v) is 4.57. The first-order valence-corrected chi connectivity index (χ1v) is 5.90. The molecule has 2 atom stereocenters. The summed E-state index contributed by atoms with van der Waals surface area (Å²) in [7, 11) is 1.69. The molecular weight excluding hydrogens is 202 g/mol. The van der Waals surface area contributed by atoms with Crippen molar-refractivity contribution in [1.29, 1.82) is 0 Å². The predicted molar refractivity (Wildman–Crippen MR) is 62.2 cm³/mol. The van der Waals surface area contributed by atoms with E-state index in [9.17, 15) is 0 Å². The Balaban J connectivity index is 2.01. The monoisotopic (exact) mass is 219 g/mol. The third-order valence-electron chi connectivity index (χ3n) is 3.71. The molecule has 2 aliphatic heterocycles. The molecule has 3 heteroatoms. The fourth-order valence-electron chi connectivity index (χ4n) is 2.79. The van der Waals surface area contributed by atoms with Gasteiger partial charge in [0.05, 0.1) is 13.7 Å². The van der Waals surface area contributed by atoms with Crippen LogP contribution in [0.4, 0.5) is 0 Å². The maximum absolute atomic E-state index is 5.82. The second kappa shape index (κ2) is 3.98. The van der Waals surface area contributed by atoms with Crippen LogP contribution < -0.4 is 14.8 Å². The fourth-order valence-corrected chi connectivity index (χ4v) is 2.79. The molecule has 1 fully saturated rings. The molecule has 86 valence electrons. The van der Waals surface area contributed by atoms with Gasteiger partial charge < -0.3 is 14.8 Å². The van der Waals surface area contributed by atoms with Crippen molar-refractivity contribution in [3.63, 3.8) is 0 Å². The average Bonchev–Trinajstić information content (AvgIpc) is 2.71. The summed E-state index contributed by atoms with van der Waals surface area (Å²) in [5.41, 5.74) is 1.34. The van der Waals surface area contributed by atoms with Gasteiger partial charge in [0.25, 0.3) is 0 Å². The van der Waals surface area contributed by atoms with Crippen LogP contribution in [0.1, 0.15) is 17.9 Å². The summed E-state index contributed by atoms with van der Waals surface area (Å²) in [6.07, 6.45) is 1.15. The van der Waals surface area contributed by atoms with E-state index < -0.39 is 0 Å². The maximum Gasteiger partial charge on any atom is 0.126 e. The predicted octanol–water partition coefficient (Wildman–Crippen LogP) is 1.78. The van der Waals surface area contributed by atoms with Gasteiger partial charge in [-0.05, 0) is 30.5 Å².